The fraction of sp³-hybridized carbons (Fsp3) is 0.800. The van der Waals surface area contributed by atoms with Crippen LogP contribution in [-0.2, 0) is 9.53 Å². The van der Waals surface area contributed by atoms with E-state index in [2.05, 4.69) is 25.5 Å². The summed E-state index contributed by atoms with van der Waals surface area (Å²) < 4.78 is 4.55. The molecule has 0 saturated heterocycles. The average Bonchev–Trinajstić information content (AvgIpc) is 2.29. The number of carbonyl (C=O) groups is 1. The highest BCUT2D eigenvalue weighted by Crippen LogP contribution is 2.18. The molecule has 0 aliphatic heterocycles. The minimum absolute atomic E-state index is 0.256. The molecule has 0 amide bonds. The maximum Gasteiger partial charge on any atom is 0.330 e. The van der Waals surface area contributed by atoms with E-state index in [-0.39, 0.29) is 5.97 Å². The molecule has 0 fully saturated rings. The monoisotopic (exact) mass is 240 g/mol. The first-order chi connectivity index (χ1) is 8.10. The number of hydrogen-bond acceptors (Lipinski definition) is 2. The standard InChI is InChI=1S/C15H28O2/c1-5-8-13(2)9-6-10-14(3)11-7-12-15(16)17-4/h7,12-14H,5-6,8-11H2,1-4H3/b12-7+/t13-,14-/m1/s1. The van der Waals surface area contributed by atoms with E-state index in [9.17, 15) is 4.79 Å². The summed E-state index contributed by atoms with van der Waals surface area (Å²) in [6.07, 6.45) is 10.9. The zero-order chi connectivity index (χ0) is 13.1. The molecule has 0 heterocycles. The summed E-state index contributed by atoms with van der Waals surface area (Å²) in [5.41, 5.74) is 0. The van der Waals surface area contributed by atoms with Crippen LogP contribution >= 0.6 is 0 Å². The Kier molecular flexibility index (Phi) is 9.89. The number of allylic oxidation sites excluding steroid dienone is 1. The van der Waals surface area contributed by atoms with Crippen molar-refractivity contribution in [1.82, 2.24) is 0 Å². The van der Waals surface area contributed by atoms with Gasteiger partial charge in [-0.1, -0.05) is 59.0 Å². The molecule has 2 heteroatoms. The fourth-order valence-corrected chi connectivity index (χ4v) is 2.03. The van der Waals surface area contributed by atoms with E-state index in [1.807, 2.05) is 6.08 Å². The van der Waals surface area contributed by atoms with Crippen LogP contribution in [0.2, 0.25) is 0 Å². The van der Waals surface area contributed by atoms with Crippen LogP contribution < -0.4 is 0 Å². The highest BCUT2D eigenvalue weighted by Gasteiger charge is 2.04. The van der Waals surface area contributed by atoms with Gasteiger partial charge in [0.15, 0.2) is 0 Å². The van der Waals surface area contributed by atoms with Gasteiger partial charge in [-0.05, 0) is 18.3 Å². The predicted molar refractivity (Wildman–Crippen MR) is 72.9 cm³/mol. The summed E-state index contributed by atoms with van der Waals surface area (Å²) in [6, 6.07) is 0. The Morgan fingerprint density at radius 1 is 1.18 bits per heavy atom. The third-order valence-corrected chi connectivity index (χ3v) is 3.17. The first-order valence-corrected chi connectivity index (χ1v) is 6.84. The van der Waals surface area contributed by atoms with Crippen molar-refractivity contribution < 1.29 is 9.53 Å². The quantitative estimate of drug-likeness (QED) is 0.442. The second-order valence-corrected chi connectivity index (χ2v) is 5.09. The largest absolute Gasteiger partial charge is 0.466 e. The predicted octanol–water partition coefficient (Wildman–Crippen LogP) is 4.35. The summed E-state index contributed by atoms with van der Waals surface area (Å²) in [4.78, 5) is 10.9. The van der Waals surface area contributed by atoms with Crippen LogP contribution in [0.5, 0.6) is 0 Å². The van der Waals surface area contributed by atoms with Gasteiger partial charge in [0.2, 0.25) is 0 Å². The average molecular weight is 240 g/mol. The van der Waals surface area contributed by atoms with Gasteiger partial charge in [0.05, 0.1) is 7.11 Å². The zero-order valence-corrected chi connectivity index (χ0v) is 11.9. The van der Waals surface area contributed by atoms with Gasteiger partial charge in [-0.15, -0.1) is 0 Å². The summed E-state index contributed by atoms with van der Waals surface area (Å²) in [6.45, 7) is 6.83. The highest BCUT2D eigenvalue weighted by atomic mass is 16.5. The molecule has 0 spiro atoms. The van der Waals surface area contributed by atoms with Crippen molar-refractivity contribution in [2.75, 3.05) is 7.11 Å². The molecule has 17 heavy (non-hydrogen) atoms. The van der Waals surface area contributed by atoms with Crippen molar-refractivity contribution in [3.05, 3.63) is 12.2 Å². The third kappa shape index (κ3) is 10.1. The second-order valence-electron chi connectivity index (χ2n) is 5.09. The van der Waals surface area contributed by atoms with Gasteiger partial charge in [-0.25, -0.2) is 4.79 Å². The molecule has 0 radical (unpaired) electrons. The summed E-state index contributed by atoms with van der Waals surface area (Å²) >= 11 is 0. The van der Waals surface area contributed by atoms with Crippen molar-refractivity contribution in [3.63, 3.8) is 0 Å². The van der Waals surface area contributed by atoms with Crippen LogP contribution in [0.3, 0.4) is 0 Å². The molecule has 0 N–H and O–H groups in total. The number of esters is 1. The Hall–Kier alpha value is -0.790. The number of carbonyl (C=O) groups excluding carboxylic acids is 1. The summed E-state index contributed by atoms with van der Waals surface area (Å²) in [5, 5.41) is 0. The van der Waals surface area contributed by atoms with Crippen molar-refractivity contribution in [1.29, 1.82) is 0 Å². The molecular weight excluding hydrogens is 212 g/mol. The van der Waals surface area contributed by atoms with E-state index in [0.717, 1.165) is 12.3 Å². The van der Waals surface area contributed by atoms with E-state index in [0.29, 0.717) is 5.92 Å². The molecule has 100 valence electrons. The fourth-order valence-electron chi connectivity index (χ4n) is 2.03. The topological polar surface area (TPSA) is 26.3 Å². The lowest BCUT2D eigenvalue weighted by atomic mass is 9.94. The SMILES string of the molecule is CCC[C@@H](C)CCC[C@@H](C)C/C=C/C(=O)OC. The maximum atomic E-state index is 10.9. The van der Waals surface area contributed by atoms with Crippen molar-refractivity contribution in [2.24, 2.45) is 11.8 Å². The van der Waals surface area contributed by atoms with Gasteiger partial charge in [-0.3, -0.25) is 0 Å². The number of hydrogen-bond donors (Lipinski definition) is 0. The molecule has 0 bridgehead atoms. The summed E-state index contributed by atoms with van der Waals surface area (Å²) in [7, 11) is 1.41. The Bertz CT molecular complexity index is 221. The molecule has 0 unspecified atom stereocenters. The van der Waals surface area contributed by atoms with Crippen LogP contribution in [0.25, 0.3) is 0 Å². The first kappa shape index (κ1) is 16.2. The van der Waals surface area contributed by atoms with Gasteiger partial charge in [-0.2, -0.15) is 0 Å². The number of methoxy groups -OCH3 is 1. The zero-order valence-electron chi connectivity index (χ0n) is 11.9. The van der Waals surface area contributed by atoms with Crippen LogP contribution in [0.1, 0.15) is 59.3 Å². The highest BCUT2D eigenvalue weighted by molar-refractivity contribution is 5.81. The molecule has 0 aromatic heterocycles. The first-order valence-electron chi connectivity index (χ1n) is 6.84. The van der Waals surface area contributed by atoms with Gasteiger partial charge >= 0.3 is 5.97 Å². The molecule has 0 rings (SSSR count). The van der Waals surface area contributed by atoms with Gasteiger partial charge in [0.25, 0.3) is 0 Å². The van der Waals surface area contributed by atoms with E-state index in [1.54, 1.807) is 0 Å². The van der Waals surface area contributed by atoms with Crippen LogP contribution in [0.15, 0.2) is 12.2 Å². The minimum atomic E-state index is -0.256. The lowest BCUT2D eigenvalue weighted by molar-refractivity contribution is -0.134. The Labute approximate surface area is 106 Å². The van der Waals surface area contributed by atoms with E-state index < -0.39 is 0 Å². The molecule has 2 atom stereocenters. The normalized spacial score (nSPS) is 14.8. The Morgan fingerprint density at radius 2 is 1.82 bits per heavy atom. The van der Waals surface area contributed by atoms with Gasteiger partial charge in [0, 0.05) is 6.08 Å². The van der Waals surface area contributed by atoms with Crippen molar-refractivity contribution in [2.45, 2.75) is 59.3 Å². The van der Waals surface area contributed by atoms with E-state index >= 15 is 0 Å². The van der Waals surface area contributed by atoms with E-state index in [4.69, 9.17) is 0 Å². The smallest absolute Gasteiger partial charge is 0.330 e. The Morgan fingerprint density at radius 3 is 2.41 bits per heavy atom. The molecule has 0 aliphatic rings. The number of ether oxygens (including phenoxy) is 1. The van der Waals surface area contributed by atoms with Gasteiger partial charge < -0.3 is 4.74 Å². The molecule has 0 saturated carbocycles. The number of rotatable bonds is 9. The Balaban J connectivity index is 3.56. The van der Waals surface area contributed by atoms with E-state index in [1.165, 1.54) is 45.3 Å². The summed E-state index contributed by atoms with van der Waals surface area (Å²) in [5.74, 6) is 1.26. The van der Waals surface area contributed by atoms with Gasteiger partial charge in [0.1, 0.15) is 0 Å². The lowest BCUT2D eigenvalue weighted by Gasteiger charge is -2.12. The second kappa shape index (κ2) is 10.4. The van der Waals surface area contributed by atoms with Crippen LogP contribution in [0, 0.1) is 11.8 Å². The molecule has 2 nitrogen and oxygen atoms in total. The molecule has 0 aromatic carbocycles. The molecular formula is C15H28O2. The van der Waals surface area contributed by atoms with Crippen LogP contribution in [-0.4, -0.2) is 13.1 Å². The third-order valence-electron chi connectivity index (χ3n) is 3.17. The lowest BCUT2D eigenvalue weighted by Crippen LogP contribution is -1.98. The molecule has 0 aromatic rings. The van der Waals surface area contributed by atoms with Crippen molar-refractivity contribution >= 4 is 5.97 Å². The van der Waals surface area contributed by atoms with Crippen molar-refractivity contribution in [3.8, 4) is 0 Å². The molecule has 0 aliphatic carbocycles. The van der Waals surface area contributed by atoms with Crippen LogP contribution in [0.4, 0.5) is 0 Å². The minimum Gasteiger partial charge on any atom is -0.466 e. The maximum absolute atomic E-state index is 10.9.